The second-order valence-electron chi connectivity index (χ2n) is 11.9. The Morgan fingerprint density at radius 1 is 0.974 bits per heavy atom. The Hall–Kier alpha value is -2.42. The highest BCUT2D eigenvalue weighted by Gasteiger charge is 2.51. The van der Waals surface area contributed by atoms with E-state index in [0.29, 0.717) is 13.0 Å². The fourth-order valence-electron chi connectivity index (χ4n) is 5.73. The molecule has 2 aromatic rings. The summed E-state index contributed by atoms with van der Waals surface area (Å²) in [5, 5.41) is 2.53. The molecule has 208 valence electrons. The molecule has 0 N–H and O–H groups in total. The van der Waals surface area contributed by atoms with Crippen LogP contribution in [0.4, 0.5) is 0 Å². The largest absolute Gasteiger partial charge is 0.403 e. The summed E-state index contributed by atoms with van der Waals surface area (Å²) in [6.45, 7) is 10.8. The van der Waals surface area contributed by atoms with E-state index in [1.54, 1.807) is 0 Å². The maximum absolute atomic E-state index is 7.48. The summed E-state index contributed by atoms with van der Waals surface area (Å²) in [5.41, 5.74) is 1.40. The topological polar surface area (TPSA) is 27.7 Å². The maximum atomic E-state index is 7.48. The molecule has 0 amide bonds. The quantitative estimate of drug-likeness (QED) is 0.195. The monoisotopic (exact) mass is 542 g/mol. The molecule has 1 fully saturated rings. The Morgan fingerprint density at radius 3 is 2.26 bits per heavy atom. The molecule has 0 aliphatic carbocycles. The lowest BCUT2D eigenvalue weighted by atomic mass is 10.1. The summed E-state index contributed by atoms with van der Waals surface area (Å²) in [6, 6.07) is 21.8. The van der Waals surface area contributed by atoms with Gasteiger partial charge in [0.1, 0.15) is 0 Å². The first-order chi connectivity index (χ1) is 18.9. The smallest absolute Gasteiger partial charge is 0.261 e. The molecule has 39 heavy (non-hydrogen) atoms. The average molecular weight is 543 g/mol. The molecule has 1 saturated heterocycles. The molecule has 3 atom stereocenters. The predicted molar refractivity (Wildman–Crippen MR) is 165 cm³/mol. The van der Waals surface area contributed by atoms with Gasteiger partial charge in [-0.3, -0.25) is 0 Å². The first-order valence-corrected chi connectivity index (χ1v) is 16.6. The van der Waals surface area contributed by atoms with Gasteiger partial charge in [-0.1, -0.05) is 105 Å². The molecule has 0 spiro atoms. The molecule has 0 saturated carbocycles. The van der Waals surface area contributed by atoms with Crippen LogP contribution in [0.15, 0.2) is 84.5 Å². The van der Waals surface area contributed by atoms with Crippen LogP contribution in [0, 0.1) is 11.8 Å². The minimum Gasteiger partial charge on any atom is -0.403 e. The highest BCUT2D eigenvalue weighted by molar-refractivity contribution is 6.99. The van der Waals surface area contributed by atoms with Gasteiger partial charge in [-0.15, -0.1) is 11.8 Å². The van der Waals surface area contributed by atoms with Gasteiger partial charge < -0.3 is 13.9 Å². The van der Waals surface area contributed by atoms with Crippen molar-refractivity contribution in [2.45, 2.75) is 96.0 Å². The van der Waals surface area contributed by atoms with Crippen LogP contribution in [0.3, 0.4) is 0 Å². The van der Waals surface area contributed by atoms with Crippen LogP contribution in [0.25, 0.3) is 0 Å². The molecule has 2 aliphatic rings. The molecule has 0 bridgehead atoms. The lowest BCUT2D eigenvalue weighted by Gasteiger charge is -2.45. The molecule has 4 rings (SSSR count). The van der Waals surface area contributed by atoms with Crippen molar-refractivity contribution in [1.29, 1.82) is 0 Å². The fourth-order valence-corrected chi connectivity index (χ4v) is 10.4. The summed E-state index contributed by atoms with van der Waals surface area (Å²) < 4.78 is 19.3. The van der Waals surface area contributed by atoms with Gasteiger partial charge in [0.25, 0.3) is 8.32 Å². The standard InChI is InChI=1S/C35H46O3Si/c1-29-25-27-37-32(28-29)20-15-19-31(18-12-11-16-30-17-13-14-26-36-30)38-39(35(2,3)4,33-21-7-5-8-22-33)34-23-9-6-10-24-34/h5-10,15,20-25,30-32H,13-14,16-19,26-28H2,1-4H3/b20-15+/t30?,31-,32-/m1/s1. The molecule has 4 heteroatoms. The third kappa shape index (κ3) is 8.05. The molecule has 0 aromatic heterocycles. The van der Waals surface area contributed by atoms with Gasteiger partial charge in [-0.25, -0.2) is 0 Å². The lowest BCUT2D eigenvalue weighted by Crippen LogP contribution is -2.67. The van der Waals surface area contributed by atoms with Crippen molar-refractivity contribution >= 4 is 18.7 Å². The average Bonchev–Trinajstić information content (AvgIpc) is 2.94. The van der Waals surface area contributed by atoms with Crippen molar-refractivity contribution in [3.63, 3.8) is 0 Å². The first kappa shape index (κ1) is 29.6. The Balaban J connectivity index is 1.62. The van der Waals surface area contributed by atoms with E-state index in [2.05, 4.69) is 118 Å². The number of ether oxygens (including phenoxy) is 2. The zero-order valence-electron chi connectivity index (χ0n) is 24.3. The van der Waals surface area contributed by atoms with Crippen molar-refractivity contribution in [2.24, 2.45) is 0 Å². The van der Waals surface area contributed by atoms with Crippen molar-refractivity contribution in [3.05, 3.63) is 84.5 Å². The molecule has 2 aromatic carbocycles. The van der Waals surface area contributed by atoms with Crippen LogP contribution in [-0.4, -0.2) is 39.8 Å². The Kier molecular flexibility index (Phi) is 10.8. The van der Waals surface area contributed by atoms with Crippen molar-refractivity contribution in [3.8, 4) is 11.8 Å². The molecule has 1 unspecified atom stereocenters. The van der Waals surface area contributed by atoms with Gasteiger partial charge in [0.2, 0.25) is 0 Å². The maximum Gasteiger partial charge on any atom is 0.261 e. The highest BCUT2D eigenvalue weighted by atomic mass is 28.4. The summed E-state index contributed by atoms with van der Waals surface area (Å²) in [6.07, 6.45) is 13.9. The van der Waals surface area contributed by atoms with E-state index in [4.69, 9.17) is 13.9 Å². The summed E-state index contributed by atoms with van der Waals surface area (Å²) in [4.78, 5) is 0. The van der Waals surface area contributed by atoms with Gasteiger partial charge in [-0.05, 0) is 54.4 Å². The van der Waals surface area contributed by atoms with Gasteiger partial charge in [-0.2, -0.15) is 0 Å². The summed E-state index contributed by atoms with van der Waals surface area (Å²) in [5.74, 6) is 6.94. The van der Waals surface area contributed by atoms with Crippen molar-refractivity contribution in [1.82, 2.24) is 0 Å². The minimum absolute atomic E-state index is 0.0208. The predicted octanol–water partition coefficient (Wildman–Crippen LogP) is 6.97. The van der Waals surface area contributed by atoms with E-state index >= 15 is 0 Å². The van der Waals surface area contributed by atoms with Crippen LogP contribution < -0.4 is 10.4 Å². The van der Waals surface area contributed by atoms with Crippen LogP contribution in [0.5, 0.6) is 0 Å². The second-order valence-corrected chi connectivity index (χ2v) is 16.2. The van der Waals surface area contributed by atoms with Crippen LogP contribution in [0.2, 0.25) is 5.04 Å². The number of rotatable bonds is 9. The third-order valence-electron chi connectivity index (χ3n) is 7.83. The summed E-state index contributed by atoms with van der Waals surface area (Å²) in [7, 11) is -2.67. The first-order valence-electron chi connectivity index (χ1n) is 14.7. The van der Waals surface area contributed by atoms with E-state index in [1.807, 2.05) is 0 Å². The normalized spacial score (nSPS) is 21.2. The molecule has 2 heterocycles. The SMILES string of the molecule is CC1=CCO[C@H](/C=C/C[C@@H](CC#CCC2CCCCO2)O[Si](c2ccccc2)(c2ccccc2)C(C)(C)C)C1. The highest BCUT2D eigenvalue weighted by Crippen LogP contribution is 2.38. The van der Waals surface area contributed by atoms with Crippen molar-refractivity contribution in [2.75, 3.05) is 13.2 Å². The molecular formula is C35H46O3Si. The Morgan fingerprint density at radius 2 is 1.67 bits per heavy atom. The van der Waals surface area contributed by atoms with Gasteiger partial charge in [0.15, 0.2) is 0 Å². The zero-order valence-corrected chi connectivity index (χ0v) is 25.3. The molecular weight excluding hydrogens is 496 g/mol. The second kappa shape index (κ2) is 14.3. The van der Waals surface area contributed by atoms with E-state index in [9.17, 15) is 0 Å². The molecule has 3 nitrogen and oxygen atoms in total. The van der Waals surface area contributed by atoms with Crippen LogP contribution in [0.1, 0.15) is 72.6 Å². The van der Waals surface area contributed by atoms with Crippen LogP contribution >= 0.6 is 0 Å². The van der Waals surface area contributed by atoms with Gasteiger partial charge in [0, 0.05) is 19.4 Å². The fraction of sp³-hybridized carbons (Fsp3) is 0.486. The van der Waals surface area contributed by atoms with Gasteiger partial charge >= 0.3 is 0 Å². The lowest BCUT2D eigenvalue weighted by molar-refractivity contribution is 0.0197. The molecule has 0 radical (unpaired) electrons. The van der Waals surface area contributed by atoms with E-state index < -0.39 is 8.32 Å². The zero-order chi connectivity index (χ0) is 27.6. The van der Waals surface area contributed by atoms with Crippen molar-refractivity contribution < 1.29 is 13.9 Å². The van der Waals surface area contributed by atoms with E-state index in [-0.39, 0.29) is 23.4 Å². The minimum atomic E-state index is -2.67. The third-order valence-corrected chi connectivity index (χ3v) is 12.9. The van der Waals surface area contributed by atoms with Gasteiger partial charge in [0.05, 0.1) is 24.9 Å². The molecule has 2 aliphatic heterocycles. The Bertz CT molecular complexity index is 1090. The number of hydrogen-bond donors (Lipinski definition) is 0. The summed E-state index contributed by atoms with van der Waals surface area (Å²) >= 11 is 0. The Labute approximate surface area is 237 Å². The number of hydrogen-bond acceptors (Lipinski definition) is 3. The van der Waals surface area contributed by atoms with E-state index in [0.717, 1.165) is 32.3 Å². The van der Waals surface area contributed by atoms with E-state index in [1.165, 1.54) is 28.8 Å². The number of benzene rings is 2. The van der Waals surface area contributed by atoms with Crippen LogP contribution in [-0.2, 0) is 13.9 Å².